The van der Waals surface area contributed by atoms with Crippen molar-refractivity contribution < 1.29 is 19.6 Å². The number of pyridine rings is 1. The third kappa shape index (κ3) is 4.75. The maximum absolute atomic E-state index is 12.7. The van der Waals surface area contributed by atoms with Gasteiger partial charge in [0.15, 0.2) is 5.78 Å². The van der Waals surface area contributed by atoms with Gasteiger partial charge in [-0.05, 0) is 54.1 Å². The number of nitro groups is 1. The van der Waals surface area contributed by atoms with E-state index in [4.69, 9.17) is 0 Å². The zero-order chi connectivity index (χ0) is 23.4. The van der Waals surface area contributed by atoms with E-state index < -0.39 is 4.92 Å². The minimum absolute atomic E-state index is 0.0109. The van der Waals surface area contributed by atoms with Crippen LogP contribution in [0.15, 0.2) is 85.1 Å². The lowest BCUT2D eigenvalue weighted by Gasteiger charge is -2.09. The highest BCUT2D eigenvalue weighted by atomic mass is 16.6. The molecule has 0 aliphatic heterocycles. The fraction of sp³-hybridized carbons (Fsp3) is 0. The summed E-state index contributed by atoms with van der Waals surface area (Å²) in [5.74, 6) is -0.671. The molecule has 4 aromatic rings. The third-order valence-corrected chi connectivity index (χ3v) is 4.93. The van der Waals surface area contributed by atoms with Crippen molar-refractivity contribution in [1.82, 2.24) is 4.98 Å². The van der Waals surface area contributed by atoms with E-state index >= 15 is 0 Å². The molecule has 0 bridgehead atoms. The van der Waals surface area contributed by atoms with Crippen molar-refractivity contribution in [2.45, 2.75) is 0 Å². The van der Waals surface area contributed by atoms with Crippen molar-refractivity contribution in [2.24, 2.45) is 0 Å². The Hall–Kier alpha value is -4.85. The van der Waals surface area contributed by atoms with Crippen LogP contribution in [0, 0.1) is 10.1 Å². The smallest absolute Gasteiger partial charge is 0.270 e. The van der Waals surface area contributed by atoms with Gasteiger partial charge in [-0.1, -0.05) is 24.3 Å². The van der Waals surface area contributed by atoms with Gasteiger partial charge < -0.3 is 10.4 Å². The number of hydrogen-bond donors (Lipinski definition) is 2. The van der Waals surface area contributed by atoms with E-state index in [0.29, 0.717) is 33.3 Å². The first-order valence-electron chi connectivity index (χ1n) is 9.87. The molecule has 8 nitrogen and oxygen atoms in total. The molecular formula is C25H17N3O5. The molecule has 3 aromatic carbocycles. The predicted octanol–water partition coefficient (Wildman–Crippen LogP) is 5.00. The minimum Gasteiger partial charge on any atom is -0.506 e. The zero-order valence-corrected chi connectivity index (χ0v) is 17.1. The highest BCUT2D eigenvalue weighted by molar-refractivity contribution is 6.13. The van der Waals surface area contributed by atoms with Gasteiger partial charge in [-0.2, -0.15) is 0 Å². The minimum atomic E-state index is -0.496. The Balaban J connectivity index is 1.47. The highest BCUT2D eigenvalue weighted by Crippen LogP contribution is 2.26. The van der Waals surface area contributed by atoms with Crippen molar-refractivity contribution in [3.63, 3.8) is 0 Å². The number of nitro benzene ring substituents is 1. The maximum Gasteiger partial charge on any atom is 0.270 e. The summed E-state index contributed by atoms with van der Waals surface area (Å²) in [5.41, 5.74) is 2.06. The SMILES string of the molecule is O=C(/C=C/c1cccc([N+](=O)[O-])c1)c1ccc(NC(=O)c2ccc(O)c3ncccc23)cc1. The van der Waals surface area contributed by atoms with E-state index in [2.05, 4.69) is 10.3 Å². The fourth-order valence-corrected chi connectivity index (χ4v) is 3.28. The number of hydrogen-bond acceptors (Lipinski definition) is 6. The third-order valence-electron chi connectivity index (χ3n) is 4.93. The molecule has 4 rings (SSSR count). The second-order valence-electron chi connectivity index (χ2n) is 7.11. The molecule has 2 N–H and O–H groups in total. The van der Waals surface area contributed by atoms with Crippen LogP contribution in [0.25, 0.3) is 17.0 Å². The molecule has 0 saturated heterocycles. The number of nitrogens with zero attached hydrogens (tertiary/aromatic N) is 2. The van der Waals surface area contributed by atoms with E-state index in [1.54, 1.807) is 48.5 Å². The predicted molar refractivity (Wildman–Crippen MR) is 124 cm³/mol. The molecule has 1 aromatic heterocycles. The zero-order valence-electron chi connectivity index (χ0n) is 17.1. The average molecular weight is 439 g/mol. The van der Waals surface area contributed by atoms with Crippen LogP contribution in [0.2, 0.25) is 0 Å². The summed E-state index contributed by atoms with van der Waals surface area (Å²) < 4.78 is 0. The molecule has 0 aliphatic carbocycles. The topological polar surface area (TPSA) is 122 Å². The number of non-ortho nitro benzene ring substituents is 1. The molecule has 0 unspecified atom stereocenters. The molecule has 0 radical (unpaired) electrons. The van der Waals surface area contributed by atoms with Gasteiger partial charge in [0.1, 0.15) is 11.3 Å². The van der Waals surface area contributed by atoms with Crippen LogP contribution >= 0.6 is 0 Å². The first-order chi connectivity index (χ1) is 15.9. The number of benzene rings is 3. The van der Waals surface area contributed by atoms with Crippen LogP contribution in [0.5, 0.6) is 5.75 Å². The Kier molecular flexibility index (Phi) is 5.90. The van der Waals surface area contributed by atoms with Gasteiger partial charge in [0.2, 0.25) is 0 Å². The molecule has 0 aliphatic rings. The number of ketones is 1. The van der Waals surface area contributed by atoms with Gasteiger partial charge in [-0.3, -0.25) is 24.7 Å². The lowest BCUT2D eigenvalue weighted by molar-refractivity contribution is -0.384. The largest absolute Gasteiger partial charge is 0.506 e. The van der Waals surface area contributed by atoms with E-state index in [1.807, 2.05) is 0 Å². The highest BCUT2D eigenvalue weighted by Gasteiger charge is 2.13. The van der Waals surface area contributed by atoms with Crippen LogP contribution in [-0.2, 0) is 0 Å². The van der Waals surface area contributed by atoms with Gasteiger partial charge in [0, 0.05) is 40.5 Å². The fourth-order valence-electron chi connectivity index (χ4n) is 3.28. The number of aromatic hydroxyl groups is 1. The second-order valence-corrected chi connectivity index (χ2v) is 7.11. The number of allylic oxidation sites excluding steroid dienone is 1. The number of nitrogens with one attached hydrogen (secondary N) is 1. The number of aromatic nitrogens is 1. The summed E-state index contributed by atoms with van der Waals surface area (Å²) in [6.07, 6.45) is 4.38. The molecule has 0 spiro atoms. The lowest BCUT2D eigenvalue weighted by atomic mass is 10.1. The van der Waals surface area contributed by atoms with Crippen LogP contribution in [-0.4, -0.2) is 26.7 Å². The van der Waals surface area contributed by atoms with Crippen molar-refractivity contribution in [2.75, 3.05) is 5.32 Å². The van der Waals surface area contributed by atoms with Gasteiger partial charge in [0.25, 0.3) is 11.6 Å². The molecule has 0 saturated carbocycles. The summed E-state index contributed by atoms with van der Waals surface area (Å²) in [6.45, 7) is 0. The van der Waals surface area contributed by atoms with Gasteiger partial charge in [0.05, 0.1) is 4.92 Å². The van der Waals surface area contributed by atoms with Crippen LogP contribution < -0.4 is 5.32 Å². The monoisotopic (exact) mass is 439 g/mol. The summed E-state index contributed by atoms with van der Waals surface area (Å²) in [5, 5.41) is 24.1. The number of carbonyl (C=O) groups excluding carboxylic acids is 2. The molecule has 1 amide bonds. The molecule has 0 atom stereocenters. The van der Waals surface area contributed by atoms with Crippen LogP contribution in [0.3, 0.4) is 0 Å². The lowest BCUT2D eigenvalue weighted by Crippen LogP contribution is -2.12. The molecule has 33 heavy (non-hydrogen) atoms. The number of phenolic OH excluding ortho intramolecular Hbond substituents is 1. The normalized spacial score (nSPS) is 10.9. The van der Waals surface area contributed by atoms with Crippen molar-refractivity contribution in [3.8, 4) is 5.75 Å². The quantitative estimate of drug-likeness (QED) is 0.189. The number of phenols is 1. The summed E-state index contributed by atoms with van der Waals surface area (Å²) in [4.78, 5) is 39.7. The number of anilines is 1. The number of amides is 1. The molecule has 0 fully saturated rings. The van der Waals surface area contributed by atoms with Gasteiger partial charge in [-0.25, -0.2) is 0 Å². The Labute approximate surface area is 188 Å². The summed E-state index contributed by atoms with van der Waals surface area (Å²) in [6, 6.07) is 18.6. The molecule has 1 heterocycles. The molecule has 162 valence electrons. The summed E-state index contributed by atoms with van der Waals surface area (Å²) >= 11 is 0. The molecule has 8 heteroatoms. The Morgan fingerprint density at radius 1 is 1.00 bits per heavy atom. The number of rotatable bonds is 6. The van der Waals surface area contributed by atoms with E-state index in [9.17, 15) is 24.8 Å². The van der Waals surface area contributed by atoms with E-state index in [1.165, 1.54) is 42.6 Å². The summed E-state index contributed by atoms with van der Waals surface area (Å²) in [7, 11) is 0. The molecular weight excluding hydrogens is 422 g/mol. The number of carbonyl (C=O) groups is 2. The first-order valence-corrected chi connectivity index (χ1v) is 9.87. The van der Waals surface area contributed by atoms with E-state index in [-0.39, 0.29) is 23.1 Å². The Morgan fingerprint density at radius 2 is 1.79 bits per heavy atom. The van der Waals surface area contributed by atoms with Crippen molar-refractivity contribution in [1.29, 1.82) is 0 Å². The standard InChI is InChI=1S/C25H17N3O5/c29-22(12-6-16-3-1-4-19(15-16)28(32)33)17-7-9-18(10-8-17)27-25(31)21-11-13-23(30)24-20(21)5-2-14-26-24/h1-15,30H,(H,27,31)/b12-6+. The van der Waals surface area contributed by atoms with Crippen molar-refractivity contribution >= 4 is 40.0 Å². The van der Waals surface area contributed by atoms with Gasteiger partial charge in [-0.15, -0.1) is 0 Å². The van der Waals surface area contributed by atoms with Crippen molar-refractivity contribution in [3.05, 3.63) is 112 Å². The van der Waals surface area contributed by atoms with Crippen LogP contribution in [0.4, 0.5) is 11.4 Å². The van der Waals surface area contributed by atoms with E-state index in [0.717, 1.165) is 0 Å². The number of fused-ring (bicyclic) bond motifs is 1. The second kappa shape index (κ2) is 9.11. The Morgan fingerprint density at radius 3 is 2.55 bits per heavy atom. The van der Waals surface area contributed by atoms with Crippen LogP contribution in [0.1, 0.15) is 26.3 Å². The first kappa shape index (κ1) is 21.4. The Bertz CT molecular complexity index is 1410. The average Bonchev–Trinajstić information content (AvgIpc) is 2.83. The maximum atomic E-state index is 12.7. The van der Waals surface area contributed by atoms with Gasteiger partial charge >= 0.3 is 0 Å².